The van der Waals surface area contributed by atoms with Gasteiger partial charge in [0.1, 0.15) is 22.9 Å². The molecule has 0 amide bonds. The Morgan fingerprint density at radius 2 is 2.09 bits per heavy atom. The van der Waals surface area contributed by atoms with E-state index in [1.54, 1.807) is 12.1 Å². The zero-order valence-electron chi connectivity index (χ0n) is 12.8. The Labute approximate surface area is 134 Å². The van der Waals surface area contributed by atoms with Crippen LogP contribution in [0.25, 0.3) is 16.9 Å². The normalized spacial score (nSPS) is 17.7. The maximum absolute atomic E-state index is 9.50. The molecule has 0 aliphatic carbocycles. The molecular weight excluding hydrogens is 290 g/mol. The van der Waals surface area contributed by atoms with Gasteiger partial charge in [-0.25, -0.2) is 4.98 Å². The average molecular weight is 309 g/mol. The van der Waals surface area contributed by atoms with Crippen molar-refractivity contribution in [1.29, 1.82) is 0 Å². The molecule has 0 bridgehead atoms. The molecule has 0 saturated carbocycles. The van der Waals surface area contributed by atoms with Crippen molar-refractivity contribution in [2.24, 2.45) is 0 Å². The number of hydrogen-bond donors (Lipinski definition) is 2. The number of nitrogens with one attached hydrogen (secondary N) is 1. The highest BCUT2D eigenvalue weighted by atomic mass is 16.5. The third kappa shape index (κ3) is 2.75. The first-order valence-electron chi connectivity index (χ1n) is 7.93. The quantitative estimate of drug-likeness (QED) is 0.776. The molecule has 1 fully saturated rings. The van der Waals surface area contributed by atoms with Crippen molar-refractivity contribution in [3.8, 4) is 17.0 Å². The molecule has 118 valence electrons. The number of anilines is 1. The first-order chi connectivity index (χ1) is 11.3. The second-order valence-corrected chi connectivity index (χ2v) is 5.80. The van der Waals surface area contributed by atoms with Gasteiger partial charge in [-0.05, 0) is 49.2 Å². The van der Waals surface area contributed by atoms with Crippen LogP contribution in [0, 0.1) is 0 Å². The first kappa shape index (κ1) is 14.1. The fraction of sp³-hybridized carbons (Fsp3) is 0.278. The van der Waals surface area contributed by atoms with Crippen molar-refractivity contribution < 1.29 is 9.84 Å². The van der Waals surface area contributed by atoms with Gasteiger partial charge in [0.25, 0.3) is 0 Å². The van der Waals surface area contributed by atoms with Crippen LogP contribution in [0.4, 0.5) is 5.82 Å². The number of nitrogens with zero attached hydrogens (tertiary/aromatic N) is 2. The van der Waals surface area contributed by atoms with Gasteiger partial charge in [0.2, 0.25) is 0 Å². The van der Waals surface area contributed by atoms with Gasteiger partial charge < -0.3 is 15.2 Å². The second kappa shape index (κ2) is 5.93. The van der Waals surface area contributed by atoms with Gasteiger partial charge in [0, 0.05) is 24.9 Å². The molecule has 0 spiro atoms. The third-order valence-corrected chi connectivity index (χ3v) is 4.19. The Morgan fingerprint density at radius 1 is 1.22 bits per heavy atom. The number of aromatic hydroxyl groups is 1. The molecule has 3 aromatic rings. The van der Waals surface area contributed by atoms with Gasteiger partial charge in [-0.15, -0.1) is 0 Å². The van der Waals surface area contributed by atoms with E-state index in [4.69, 9.17) is 9.72 Å². The number of rotatable bonds is 4. The van der Waals surface area contributed by atoms with Crippen molar-refractivity contribution in [3.05, 3.63) is 48.7 Å². The summed E-state index contributed by atoms with van der Waals surface area (Å²) < 4.78 is 7.75. The summed E-state index contributed by atoms with van der Waals surface area (Å²) in [4.78, 5) is 4.74. The summed E-state index contributed by atoms with van der Waals surface area (Å²) in [5, 5.41) is 13.0. The highest BCUT2D eigenvalue weighted by Crippen LogP contribution is 2.30. The molecule has 1 aromatic carbocycles. The zero-order chi connectivity index (χ0) is 15.6. The number of aromatic nitrogens is 2. The van der Waals surface area contributed by atoms with Crippen molar-refractivity contribution >= 4 is 11.5 Å². The maximum Gasteiger partial charge on any atom is 0.139 e. The van der Waals surface area contributed by atoms with E-state index in [0.29, 0.717) is 0 Å². The Bertz CT molecular complexity index is 805. The van der Waals surface area contributed by atoms with Crippen LogP contribution < -0.4 is 5.32 Å². The summed E-state index contributed by atoms with van der Waals surface area (Å²) >= 11 is 0. The van der Waals surface area contributed by atoms with Crippen LogP contribution in [0.3, 0.4) is 0 Å². The van der Waals surface area contributed by atoms with Gasteiger partial charge in [0.15, 0.2) is 0 Å². The minimum atomic E-state index is 0.256. The van der Waals surface area contributed by atoms with Gasteiger partial charge >= 0.3 is 0 Å². The predicted octanol–water partition coefficient (Wildman–Crippen LogP) is 3.30. The highest BCUT2D eigenvalue weighted by Gasteiger charge is 2.18. The van der Waals surface area contributed by atoms with Crippen LogP contribution in [-0.2, 0) is 4.74 Å². The Kier molecular flexibility index (Phi) is 3.63. The molecule has 5 nitrogen and oxygen atoms in total. The van der Waals surface area contributed by atoms with Crippen molar-refractivity contribution in [1.82, 2.24) is 9.38 Å². The lowest BCUT2D eigenvalue weighted by Gasteiger charge is -2.13. The summed E-state index contributed by atoms with van der Waals surface area (Å²) in [7, 11) is 0. The van der Waals surface area contributed by atoms with E-state index in [2.05, 4.69) is 9.72 Å². The molecule has 2 aromatic heterocycles. The van der Waals surface area contributed by atoms with Crippen LogP contribution in [0.15, 0.2) is 48.7 Å². The number of ether oxygens (including phenoxy) is 1. The van der Waals surface area contributed by atoms with E-state index in [-0.39, 0.29) is 11.9 Å². The topological polar surface area (TPSA) is 58.8 Å². The monoisotopic (exact) mass is 309 g/mol. The van der Waals surface area contributed by atoms with Crippen LogP contribution in [0.1, 0.15) is 12.8 Å². The molecule has 1 atom stereocenters. The Hall–Kier alpha value is -2.53. The van der Waals surface area contributed by atoms with Crippen molar-refractivity contribution in [3.63, 3.8) is 0 Å². The number of phenolic OH excluding ortho intramolecular Hbond substituents is 1. The number of fused-ring (bicyclic) bond motifs is 1. The lowest BCUT2D eigenvalue weighted by Crippen LogP contribution is -2.19. The minimum absolute atomic E-state index is 0.256. The lowest BCUT2D eigenvalue weighted by molar-refractivity contribution is 0.120. The average Bonchev–Trinajstić information content (AvgIpc) is 3.21. The summed E-state index contributed by atoms with van der Waals surface area (Å²) in [5.74, 6) is 1.22. The highest BCUT2D eigenvalue weighted by molar-refractivity contribution is 5.76. The molecule has 5 heteroatoms. The molecule has 1 saturated heterocycles. The predicted molar refractivity (Wildman–Crippen MR) is 89.8 cm³/mol. The van der Waals surface area contributed by atoms with Gasteiger partial charge in [-0.1, -0.05) is 6.07 Å². The van der Waals surface area contributed by atoms with E-state index in [9.17, 15) is 5.11 Å². The number of benzene rings is 1. The van der Waals surface area contributed by atoms with Gasteiger partial charge in [0.05, 0.1) is 6.10 Å². The zero-order valence-corrected chi connectivity index (χ0v) is 12.8. The van der Waals surface area contributed by atoms with Crippen LogP contribution >= 0.6 is 0 Å². The summed E-state index contributed by atoms with van der Waals surface area (Å²) in [6.45, 7) is 1.62. The SMILES string of the molecule is Oc1ccc(-c2nc3ccccn3c2NC[C@H]2CCCO2)cc1. The number of pyridine rings is 1. The van der Waals surface area contributed by atoms with E-state index in [1.807, 2.05) is 36.5 Å². The molecule has 3 heterocycles. The second-order valence-electron chi connectivity index (χ2n) is 5.80. The minimum Gasteiger partial charge on any atom is -0.508 e. The van der Waals surface area contributed by atoms with Crippen LogP contribution in [-0.4, -0.2) is 33.7 Å². The lowest BCUT2D eigenvalue weighted by atomic mass is 10.1. The van der Waals surface area contributed by atoms with Crippen molar-refractivity contribution in [2.75, 3.05) is 18.5 Å². The smallest absolute Gasteiger partial charge is 0.139 e. The molecule has 23 heavy (non-hydrogen) atoms. The standard InChI is InChI=1S/C18H19N3O2/c22-14-8-6-13(7-9-14)17-18(19-12-15-4-3-11-23-15)21-10-2-1-5-16(21)20-17/h1-2,5-10,15,19,22H,3-4,11-12H2/t15-/m1/s1. The van der Waals surface area contributed by atoms with E-state index in [1.165, 1.54) is 0 Å². The van der Waals surface area contributed by atoms with Crippen LogP contribution in [0.5, 0.6) is 5.75 Å². The molecule has 0 radical (unpaired) electrons. The fourth-order valence-corrected chi connectivity index (χ4v) is 3.00. The van der Waals surface area contributed by atoms with Crippen LogP contribution in [0.2, 0.25) is 0 Å². The fourth-order valence-electron chi connectivity index (χ4n) is 3.00. The molecule has 1 aliphatic heterocycles. The Morgan fingerprint density at radius 3 is 2.87 bits per heavy atom. The van der Waals surface area contributed by atoms with E-state index < -0.39 is 0 Å². The summed E-state index contributed by atoms with van der Waals surface area (Å²) in [6, 6.07) is 13.1. The number of imidazole rings is 1. The van der Waals surface area contributed by atoms with Gasteiger partial charge in [-0.3, -0.25) is 4.40 Å². The molecular formula is C18H19N3O2. The molecule has 4 rings (SSSR count). The van der Waals surface area contributed by atoms with Crippen molar-refractivity contribution in [2.45, 2.75) is 18.9 Å². The first-order valence-corrected chi connectivity index (χ1v) is 7.93. The Balaban J connectivity index is 1.72. The van der Waals surface area contributed by atoms with E-state index >= 15 is 0 Å². The summed E-state index contributed by atoms with van der Waals surface area (Å²) in [5.41, 5.74) is 2.75. The summed E-state index contributed by atoms with van der Waals surface area (Å²) in [6.07, 6.45) is 4.49. The van der Waals surface area contributed by atoms with E-state index in [0.717, 1.165) is 48.7 Å². The number of phenols is 1. The molecule has 1 aliphatic rings. The molecule has 0 unspecified atom stereocenters. The maximum atomic E-state index is 9.50. The molecule has 2 N–H and O–H groups in total. The third-order valence-electron chi connectivity index (χ3n) is 4.19. The largest absolute Gasteiger partial charge is 0.508 e. The van der Waals surface area contributed by atoms with Gasteiger partial charge in [-0.2, -0.15) is 0 Å². The number of hydrogen-bond acceptors (Lipinski definition) is 4.